The fraction of sp³-hybridized carbons (Fsp3) is 0.0667. The first-order valence-electron chi connectivity index (χ1n) is 5.88. The molecule has 0 radical (unpaired) electrons. The summed E-state index contributed by atoms with van der Waals surface area (Å²) >= 11 is 0. The number of carboxylic acid groups (broad SMARTS) is 1. The van der Waals surface area contributed by atoms with Crippen molar-refractivity contribution in [2.45, 2.75) is 0 Å². The van der Waals surface area contributed by atoms with E-state index in [1.54, 1.807) is 0 Å². The maximum absolute atomic E-state index is 13.9. The summed E-state index contributed by atoms with van der Waals surface area (Å²) in [6, 6.07) is 7.10. The van der Waals surface area contributed by atoms with Gasteiger partial charge in [0.05, 0.1) is 18.2 Å². The molecule has 0 atom stereocenters. The summed E-state index contributed by atoms with van der Waals surface area (Å²) in [6.07, 6.45) is 0. The van der Waals surface area contributed by atoms with E-state index in [9.17, 15) is 19.1 Å². The Balaban J connectivity index is 2.56. The van der Waals surface area contributed by atoms with Gasteiger partial charge in [0.15, 0.2) is 0 Å². The first kappa shape index (κ1) is 14.5. The summed E-state index contributed by atoms with van der Waals surface area (Å²) in [5.74, 6) is -2.89. The zero-order valence-corrected chi connectivity index (χ0v) is 11.0. The van der Waals surface area contributed by atoms with Crippen LogP contribution in [0, 0.1) is 5.82 Å². The van der Waals surface area contributed by atoms with E-state index in [0.29, 0.717) is 0 Å². The molecule has 0 saturated heterocycles. The van der Waals surface area contributed by atoms with Crippen molar-refractivity contribution in [1.82, 2.24) is 0 Å². The van der Waals surface area contributed by atoms with E-state index in [-0.39, 0.29) is 22.3 Å². The topological polar surface area (TPSA) is 83.8 Å². The highest BCUT2D eigenvalue weighted by molar-refractivity contribution is 5.92. The SMILES string of the molecule is COC(=O)c1ccc(F)c(-c2ccc(C(=O)O)cc2O)c1. The summed E-state index contributed by atoms with van der Waals surface area (Å²) < 4.78 is 18.4. The number of carbonyl (C=O) groups is 2. The van der Waals surface area contributed by atoms with E-state index in [1.165, 1.54) is 31.4 Å². The third kappa shape index (κ3) is 2.84. The summed E-state index contributed by atoms with van der Waals surface area (Å²) in [6.45, 7) is 0. The quantitative estimate of drug-likeness (QED) is 0.849. The van der Waals surface area contributed by atoms with Crippen LogP contribution in [0.15, 0.2) is 36.4 Å². The van der Waals surface area contributed by atoms with E-state index in [2.05, 4.69) is 4.74 Å². The minimum Gasteiger partial charge on any atom is -0.507 e. The highest BCUT2D eigenvalue weighted by Gasteiger charge is 2.15. The van der Waals surface area contributed by atoms with Crippen LogP contribution in [0.3, 0.4) is 0 Å². The van der Waals surface area contributed by atoms with Gasteiger partial charge in [0, 0.05) is 11.1 Å². The first-order chi connectivity index (χ1) is 9.93. The van der Waals surface area contributed by atoms with Crippen molar-refractivity contribution in [3.8, 4) is 16.9 Å². The zero-order chi connectivity index (χ0) is 15.6. The Morgan fingerprint density at radius 2 is 1.71 bits per heavy atom. The molecule has 0 spiro atoms. The molecule has 0 aliphatic carbocycles. The molecule has 0 aromatic heterocycles. The van der Waals surface area contributed by atoms with Gasteiger partial charge < -0.3 is 14.9 Å². The lowest BCUT2D eigenvalue weighted by Gasteiger charge is -2.09. The smallest absolute Gasteiger partial charge is 0.337 e. The first-order valence-corrected chi connectivity index (χ1v) is 5.88. The average molecular weight is 290 g/mol. The Labute approximate surface area is 119 Å². The largest absolute Gasteiger partial charge is 0.507 e. The van der Waals surface area contributed by atoms with Gasteiger partial charge in [-0.2, -0.15) is 0 Å². The van der Waals surface area contributed by atoms with E-state index in [0.717, 1.165) is 12.1 Å². The van der Waals surface area contributed by atoms with Crippen LogP contribution in [0.1, 0.15) is 20.7 Å². The van der Waals surface area contributed by atoms with Crippen LogP contribution in [0.4, 0.5) is 4.39 Å². The molecule has 2 rings (SSSR count). The van der Waals surface area contributed by atoms with Crippen molar-refractivity contribution in [1.29, 1.82) is 0 Å². The molecule has 0 bridgehead atoms. The summed E-state index contributed by atoms with van der Waals surface area (Å²) in [5.41, 5.74) is 0.0620. The van der Waals surface area contributed by atoms with Gasteiger partial charge in [-0.25, -0.2) is 14.0 Å². The second kappa shape index (κ2) is 5.62. The number of benzene rings is 2. The van der Waals surface area contributed by atoms with Gasteiger partial charge in [0.1, 0.15) is 11.6 Å². The lowest BCUT2D eigenvalue weighted by Crippen LogP contribution is -2.02. The van der Waals surface area contributed by atoms with Crippen LogP contribution in [0.25, 0.3) is 11.1 Å². The molecular formula is C15H11FO5. The minimum absolute atomic E-state index is 0.0210. The Kier molecular flexibility index (Phi) is 3.89. The average Bonchev–Trinajstić information content (AvgIpc) is 2.47. The number of ether oxygens (including phenoxy) is 1. The molecule has 6 heteroatoms. The highest BCUT2D eigenvalue weighted by atomic mass is 19.1. The Morgan fingerprint density at radius 3 is 2.29 bits per heavy atom. The van der Waals surface area contributed by atoms with E-state index < -0.39 is 23.5 Å². The van der Waals surface area contributed by atoms with Gasteiger partial charge in [0.2, 0.25) is 0 Å². The third-order valence-corrected chi connectivity index (χ3v) is 2.92. The van der Waals surface area contributed by atoms with Gasteiger partial charge in [0.25, 0.3) is 0 Å². The minimum atomic E-state index is -1.21. The number of aromatic carboxylic acids is 1. The van der Waals surface area contributed by atoms with Crippen LogP contribution in [-0.4, -0.2) is 29.3 Å². The lowest BCUT2D eigenvalue weighted by atomic mass is 10.00. The monoisotopic (exact) mass is 290 g/mol. The molecule has 2 N–H and O–H groups in total. The zero-order valence-electron chi connectivity index (χ0n) is 11.0. The summed E-state index contributed by atoms with van der Waals surface area (Å²) in [5, 5.41) is 18.7. The number of phenols is 1. The molecule has 0 saturated carbocycles. The molecule has 2 aromatic carbocycles. The normalized spacial score (nSPS) is 10.2. The number of rotatable bonds is 3. The molecule has 2 aromatic rings. The molecule has 108 valence electrons. The van der Waals surface area contributed by atoms with Gasteiger partial charge in [-0.05, 0) is 36.4 Å². The predicted molar refractivity (Wildman–Crippen MR) is 71.8 cm³/mol. The van der Waals surface area contributed by atoms with Gasteiger partial charge >= 0.3 is 11.9 Å². The molecule has 0 fully saturated rings. The number of aromatic hydroxyl groups is 1. The number of halogens is 1. The summed E-state index contributed by atoms with van der Waals surface area (Å²) in [7, 11) is 1.20. The van der Waals surface area contributed by atoms with Crippen molar-refractivity contribution in [3.63, 3.8) is 0 Å². The predicted octanol–water partition coefficient (Wildman–Crippen LogP) is 2.68. The molecule has 0 heterocycles. The van der Waals surface area contributed by atoms with Crippen LogP contribution in [-0.2, 0) is 4.74 Å². The highest BCUT2D eigenvalue weighted by Crippen LogP contribution is 2.32. The van der Waals surface area contributed by atoms with Gasteiger partial charge in [-0.1, -0.05) is 0 Å². The van der Waals surface area contributed by atoms with Gasteiger partial charge in [-0.15, -0.1) is 0 Å². The Hall–Kier alpha value is -2.89. The number of hydrogen-bond donors (Lipinski definition) is 2. The van der Waals surface area contributed by atoms with E-state index in [1.807, 2.05) is 0 Å². The van der Waals surface area contributed by atoms with Crippen molar-refractivity contribution >= 4 is 11.9 Å². The molecule has 0 amide bonds. The molecule has 0 aliphatic heterocycles. The number of methoxy groups -OCH3 is 1. The molecule has 0 aliphatic rings. The maximum atomic E-state index is 13.9. The van der Waals surface area contributed by atoms with Crippen molar-refractivity contribution in [2.75, 3.05) is 7.11 Å². The molecule has 21 heavy (non-hydrogen) atoms. The van der Waals surface area contributed by atoms with Crippen molar-refractivity contribution in [2.24, 2.45) is 0 Å². The van der Waals surface area contributed by atoms with Crippen LogP contribution in [0.5, 0.6) is 5.75 Å². The number of hydrogen-bond acceptors (Lipinski definition) is 4. The van der Waals surface area contributed by atoms with Crippen LogP contribution >= 0.6 is 0 Å². The number of carboxylic acids is 1. The maximum Gasteiger partial charge on any atom is 0.337 e. The van der Waals surface area contributed by atoms with Crippen LogP contribution < -0.4 is 0 Å². The second-order valence-corrected chi connectivity index (χ2v) is 4.22. The Bertz CT molecular complexity index is 724. The van der Waals surface area contributed by atoms with Crippen molar-refractivity contribution in [3.05, 3.63) is 53.3 Å². The second-order valence-electron chi connectivity index (χ2n) is 4.22. The number of phenolic OH excluding ortho intramolecular Hbond substituents is 1. The third-order valence-electron chi connectivity index (χ3n) is 2.92. The lowest BCUT2D eigenvalue weighted by molar-refractivity contribution is 0.0600. The van der Waals surface area contributed by atoms with E-state index in [4.69, 9.17) is 5.11 Å². The Morgan fingerprint density at radius 1 is 1.05 bits per heavy atom. The fourth-order valence-electron chi connectivity index (χ4n) is 1.87. The summed E-state index contributed by atoms with van der Waals surface area (Å²) in [4.78, 5) is 22.3. The van der Waals surface area contributed by atoms with Crippen LogP contribution in [0.2, 0.25) is 0 Å². The molecule has 5 nitrogen and oxygen atoms in total. The number of carbonyl (C=O) groups excluding carboxylic acids is 1. The fourth-order valence-corrected chi connectivity index (χ4v) is 1.87. The molecular weight excluding hydrogens is 279 g/mol. The van der Waals surface area contributed by atoms with Crippen molar-refractivity contribution < 1.29 is 28.9 Å². The standard InChI is InChI=1S/C15H11FO5/c1-21-15(20)9-3-5-12(16)11(6-9)10-4-2-8(14(18)19)7-13(10)17/h2-7,17H,1H3,(H,18,19). The molecule has 0 unspecified atom stereocenters. The van der Waals surface area contributed by atoms with Gasteiger partial charge in [-0.3, -0.25) is 0 Å². The van der Waals surface area contributed by atoms with E-state index >= 15 is 0 Å². The number of esters is 1.